The third-order valence-electron chi connectivity index (χ3n) is 5.69. The smallest absolute Gasteiger partial charge is 0.248 e. The second-order valence-corrected chi connectivity index (χ2v) is 8.35. The highest BCUT2D eigenvalue weighted by Crippen LogP contribution is 2.59. The summed E-state index contributed by atoms with van der Waals surface area (Å²) < 4.78 is 0. The summed E-state index contributed by atoms with van der Waals surface area (Å²) in [6, 6.07) is 5.34. The molecule has 0 unspecified atom stereocenters. The second-order valence-electron chi connectivity index (χ2n) is 8.35. The first-order chi connectivity index (χ1) is 12.2. The average molecular weight is 355 g/mol. The molecule has 2 amide bonds. The lowest BCUT2D eigenvalue weighted by Gasteiger charge is -2.22. The topological polar surface area (TPSA) is 75.4 Å². The van der Waals surface area contributed by atoms with E-state index in [-0.39, 0.29) is 23.2 Å². The van der Waals surface area contributed by atoms with Crippen molar-refractivity contribution in [3.8, 4) is 0 Å². The molecule has 1 aromatic rings. The molecule has 1 saturated carbocycles. The number of primary amides is 1. The molecule has 2 fully saturated rings. The number of hydrogen-bond donors (Lipinski definition) is 2. The highest BCUT2D eigenvalue weighted by molar-refractivity contribution is 6.01. The number of nitrogens with two attached hydrogens (primary N) is 1. The van der Waals surface area contributed by atoms with Crippen LogP contribution < -0.4 is 16.0 Å². The maximum absolute atomic E-state index is 13.0. The van der Waals surface area contributed by atoms with Crippen molar-refractivity contribution >= 4 is 23.2 Å². The molecule has 1 aliphatic carbocycles. The second kappa shape index (κ2) is 6.78. The molecular weight excluding hydrogens is 326 g/mol. The van der Waals surface area contributed by atoms with E-state index in [4.69, 9.17) is 5.73 Å². The monoisotopic (exact) mass is 355 g/mol. The SMILES string of the molecule is CC(C)=C[C@H]1[C@H](C(=O)Nc2cc(C(N)=O)ccc2N2CCCC2)C1(C)C. The number of nitrogens with zero attached hydrogens (tertiary/aromatic N) is 1. The number of amides is 2. The van der Waals surface area contributed by atoms with Gasteiger partial charge in [0.25, 0.3) is 0 Å². The van der Waals surface area contributed by atoms with Crippen molar-refractivity contribution in [3.63, 3.8) is 0 Å². The molecule has 3 rings (SSSR count). The minimum absolute atomic E-state index is 0.0135. The number of carbonyl (C=O) groups is 2. The molecule has 2 atom stereocenters. The van der Waals surface area contributed by atoms with Crippen molar-refractivity contribution in [2.75, 3.05) is 23.3 Å². The molecule has 2 aliphatic rings. The summed E-state index contributed by atoms with van der Waals surface area (Å²) >= 11 is 0. The standard InChI is InChI=1S/C21H29N3O2/c1-13(2)11-15-18(21(15,3)4)20(26)23-16-12-14(19(22)25)7-8-17(16)24-9-5-6-10-24/h7-8,11-12,15,18H,5-6,9-10H2,1-4H3,(H2,22,25)(H,23,26)/t15-,18+/m0/s1. The Kier molecular flexibility index (Phi) is 4.82. The Morgan fingerprint density at radius 2 is 1.88 bits per heavy atom. The lowest BCUT2D eigenvalue weighted by atomic mass is 10.1. The number of hydrogen-bond acceptors (Lipinski definition) is 3. The molecule has 140 valence electrons. The van der Waals surface area contributed by atoms with Gasteiger partial charge < -0.3 is 16.0 Å². The highest BCUT2D eigenvalue weighted by atomic mass is 16.2. The molecule has 0 bridgehead atoms. The number of nitrogens with one attached hydrogen (secondary N) is 1. The molecule has 5 nitrogen and oxygen atoms in total. The van der Waals surface area contributed by atoms with Crippen LogP contribution in [-0.2, 0) is 4.79 Å². The molecular formula is C21H29N3O2. The summed E-state index contributed by atoms with van der Waals surface area (Å²) in [6.07, 6.45) is 4.47. The van der Waals surface area contributed by atoms with E-state index in [0.29, 0.717) is 11.3 Å². The third-order valence-corrected chi connectivity index (χ3v) is 5.69. The maximum Gasteiger partial charge on any atom is 0.248 e. The van der Waals surface area contributed by atoms with Crippen molar-refractivity contribution in [2.24, 2.45) is 23.0 Å². The molecule has 5 heteroatoms. The van der Waals surface area contributed by atoms with Crippen LogP contribution in [0.1, 0.15) is 50.9 Å². The van der Waals surface area contributed by atoms with E-state index in [1.54, 1.807) is 12.1 Å². The van der Waals surface area contributed by atoms with Gasteiger partial charge >= 0.3 is 0 Å². The number of carbonyl (C=O) groups excluding carboxylic acids is 2. The first kappa shape index (κ1) is 18.5. The van der Waals surface area contributed by atoms with Crippen molar-refractivity contribution in [1.29, 1.82) is 0 Å². The van der Waals surface area contributed by atoms with Crippen molar-refractivity contribution < 1.29 is 9.59 Å². The van der Waals surface area contributed by atoms with Gasteiger partial charge in [-0.3, -0.25) is 9.59 Å². The lowest BCUT2D eigenvalue weighted by Crippen LogP contribution is -2.23. The summed E-state index contributed by atoms with van der Waals surface area (Å²) in [5, 5.41) is 3.09. The van der Waals surface area contributed by atoms with Crippen LogP contribution in [0.15, 0.2) is 29.8 Å². The summed E-state index contributed by atoms with van der Waals surface area (Å²) in [6.45, 7) is 10.3. The molecule has 0 spiro atoms. The van der Waals surface area contributed by atoms with Crippen molar-refractivity contribution in [3.05, 3.63) is 35.4 Å². The molecule has 26 heavy (non-hydrogen) atoms. The predicted molar refractivity (Wildman–Crippen MR) is 105 cm³/mol. The maximum atomic E-state index is 13.0. The summed E-state index contributed by atoms with van der Waals surface area (Å²) in [4.78, 5) is 26.8. The minimum Gasteiger partial charge on any atom is -0.370 e. The van der Waals surface area contributed by atoms with Crippen LogP contribution in [0.25, 0.3) is 0 Å². The fraction of sp³-hybridized carbons (Fsp3) is 0.524. The fourth-order valence-electron chi connectivity index (χ4n) is 4.08. The number of anilines is 2. The van der Waals surface area contributed by atoms with Crippen molar-refractivity contribution in [1.82, 2.24) is 0 Å². The van der Waals surface area contributed by atoms with E-state index < -0.39 is 5.91 Å². The van der Waals surface area contributed by atoms with Gasteiger partial charge in [0, 0.05) is 18.7 Å². The van der Waals surface area contributed by atoms with Gasteiger partial charge in [0.15, 0.2) is 0 Å². The Bertz CT molecular complexity index is 757. The molecule has 0 aromatic heterocycles. The highest BCUT2D eigenvalue weighted by Gasteiger charge is 2.60. The Labute approximate surface area is 155 Å². The molecule has 1 saturated heterocycles. The predicted octanol–water partition coefficient (Wildman–Crippen LogP) is 3.56. The van der Waals surface area contributed by atoms with E-state index >= 15 is 0 Å². The Hall–Kier alpha value is -2.30. The minimum atomic E-state index is -0.484. The first-order valence-electron chi connectivity index (χ1n) is 9.36. The van der Waals surface area contributed by atoms with Gasteiger partial charge in [-0.2, -0.15) is 0 Å². The largest absolute Gasteiger partial charge is 0.370 e. The molecule has 0 radical (unpaired) electrons. The third kappa shape index (κ3) is 3.48. The molecule has 1 aliphatic heterocycles. The molecule has 1 heterocycles. The van der Waals surface area contributed by atoms with Gasteiger partial charge in [-0.25, -0.2) is 0 Å². The van der Waals surface area contributed by atoms with Crippen LogP contribution in [0.2, 0.25) is 0 Å². The zero-order valence-electron chi connectivity index (χ0n) is 16.1. The van der Waals surface area contributed by atoms with Crippen LogP contribution in [0.4, 0.5) is 11.4 Å². The summed E-state index contributed by atoms with van der Waals surface area (Å²) in [5.74, 6) is -0.273. The molecule has 3 N–H and O–H groups in total. The van der Waals surface area contributed by atoms with Gasteiger partial charge in [0.2, 0.25) is 11.8 Å². The Morgan fingerprint density at radius 3 is 2.46 bits per heavy atom. The van der Waals surface area contributed by atoms with E-state index in [9.17, 15) is 9.59 Å². The van der Waals surface area contributed by atoms with E-state index in [2.05, 4.69) is 44.0 Å². The van der Waals surface area contributed by atoms with Gasteiger partial charge in [-0.1, -0.05) is 25.5 Å². The first-order valence-corrected chi connectivity index (χ1v) is 9.36. The van der Waals surface area contributed by atoms with Crippen LogP contribution >= 0.6 is 0 Å². The summed E-state index contributed by atoms with van der Waals surface area (Å²) in [5.41, 5.74) is 8.69. The van der Waals surface area contributed by atoms with Gasteiger partial charge in [-0.05, 0) is 56.2 Å². The van der Waals surface area contributed by atoms with Gasteiger partial charge in [-0.15, -0.1) is 0 Å². The fourth-order valence-corrected chi connectivity index (χ4v) is 4.08. The average Bonchev–Trinajstić information content (AvgIpc) is 2.92. The normalized spacial score (nSPS) is 23.5. The van der Waals surface area contributed by atoms with E-state index in [0.717, 1.165) is 31.6 Å². The van der Waals surface area contributed by atoms with Crippen LogP contribution in [-0.4, -0.2) is 24.9 Å². The zero-order chi connectivity index (χ0) is 19.1. The van der Waals surface area contributed by atoms with Crippen LogP contribution in [0, 0.1) is 17.3 Å². The van der Waals surface area contributed by atoms with Gasteiger partial charge in [0.05, 0.1) is 17.3 Å². The van der Waals surface area contributed by atoms with E-state index in [1.807, 2.05) is 6.07 Å². The van der Waals surface area contributed by atoms with Crippen LogP contribution in [0.3, 0.4) is 0 Å². The van der Waals surface area contributed by atoms with Crippen molar-refractivity contribution in [2.45, 2.75) is 40.5 Å². The van der Waals surface area contributed by atoms with E-state index in [1.165, 1.54) is 5.57 Å². The Morgan fingerprint density at radius 1 is 1.23 bits per heavy atom. The lowest BCUT2D eigenvalue weighted by molar-refractivity contribution is -0.118. The number of rotatable bonds is 5. The van der Waals surface area contributed by atoms with Gasteiger partial charge in [0.1, 0.15) is 0 Å². The van der Waals surface area contributed by atoms with Crippen LogP contribution in [0.5, 0.6) is 0 Å². The Balaban J connectivity index is 1.86. The zero-order valence-corrected chi connectivity index (χ0v) is 16.1. The summed E-state index contributed by atoms with van der Waals surface area (Å²) in [7, 11) is 0. The quantitative estimate of drug-likeness (QED) is 0.793. The number of benzene rings is 1. The molecule has 1 aromatic carbocycles. The number of allylic oxidation sites excluding steroid dienone is 2.